The van der Waals surface area contributed by atoms with Crippen LogP contribution in [0.15, 0.2) is 53.0 Å². The number of benzene rings is 2. The number of hydrogen-bond donors (Lipinski definition) is 1. The third kappa shape index (κ3) is 3.08. The third-order valence-electron chi connectivity index (χ3n) is 2.39. The molecule has 1 N–H and O–H groups in total. The zero-order valence-corrected chi connectivity index (χ0v) is 11.0. The fraction of sp³-hybridized carbons (Fsp3) is 0.143. The van der Waals surface area contributed by atoms with Gasteiger partial charge in [0.2, 0.25) is 0 Å². The van der Waals surface area contributed by atoms with Gasteiger partial charge in [0.15, 0.2) is 0 Å². The van der Waals surface area contributed by atoms with Gasteiger partial charge in [0.05, 0.1) is 6.10 Å². The number of aliphatic hydroxyl groups excluding tert-OH is 1. The molecule has 0 aliphatic carbocycles. The van der Waals surface area contributed by atoms with E-state index in [2.05, 4.69) is 15.9 Å². The van der Waals surface area contributed by atoms with Crippen molar-refractivity contribution in [1.82, 2.24) is 0 Å². The lowest BCUT2D eigenvalue weighted by Gasteiger charge is -2.13. The van der Waals surface area contributed by atoms with Crippen molar-refractivity contribution in [1.29, 1.82) is 0 Å². The molecule has 3 heteroatoms. The molecule has 17 heavy (non-hydrogen) atoms. The molecule has 0 aromatic heterocycles. The molecule has 0 aliphatic rings. The van der Waals surface area contributed by atoms with E-state index in [4.69, 9.17) is 4.74 Å². The maximum atomic E-state index is 9.71. The van der Waals surface area contributed by atoms with Crippen LogP contribution in [0.25, 0.3) is 0 Å². The van der Waals surface area contributed by atoms with Crippen LogP contribution in [-0.2, 0) is 0 Å². The fourth-order valence-electron chi connectivity index (χ4n) is 1.55. The lowest BCUT2D eigenvalue weighted by Crippen LogP contribution is -1.96. The summed E-state index contributed by atoms with van der Waals surface area (Å²) in [5, 5.41) is 9.71. The molecular weight excluding hydrogens is 280 g/mol. The molecular formula is C14H13BrO2. The largest absolute Gasteiger partial charge is 0.457 e. The highest BCUT2D eigenvalue weighted by molar-refractivity contribution is 9.10. The SMILES string of the molecule is CC(O)c1cc(Br)ccc1Oc1ccccc1. The maximum Gasteiger partial charge on any atom is 0.133 e. The number of aliphatic hydroxyl groups is 1. The molecule has 0 radical (unpaired) electrons. The van der Waals surface area contributed by atoms with Gasteiger partial charge in [-0.1, -0.05) is 34.1 Å². The van der Waals surface area contributed by atoms with E-state index < -0.39 is 6.10 Å². The van der Waals surface area contributed by atoms with Crippen LogP contribution in [0.5, 0.6) is 11.5 Å². The van der Waals surface area contributed by atoms with Gasteiger partial charge in [-0.15, -0.1) is 0 Å². The van der Waals surface area contributed by atoms with E-state index in [0.717, 1.165) is 15.8 Å². The summed E-state index contributed by atoms with van der Waals surface area (Å²) >= 11 is 3.38. The normalized spacial score (nSPS) is 12.2. The predicted molar refractivity (Wildman–Crippen MR) is 71.3 cm³/mol. The first-order chi connectivity index (χ1) is 8.16. The highest BCUT2D eigenvalue weighted by Gasteiger charge is 2.10. The Labute approximate surface area is 109 Å². The van der Waals surface area contributed by atoms with Gasteiger partial charge in [0.25, 0.3) is 0 Å². The zero-order chi connectivity index (χ0) is 12.3. The lowest BCUT2D eigenvalue weighted by molar-refractivity contribution is 0.195. The van der Waals surface area contributed by atoms with Crippen molar-refractivity contribution in [2.75, 3.05) is 0 Å². The Morgan fingerprint density at radius 1 is 1.12 bits per heavy atom. The molecule has 0 heterocycles. The summed E-state index contributed by atoms with van der Waals surface area (Å²) in [6.45, 7) is 1.72. The Bertz CT molecular complexity index is 495. The summed E-state index contributed by atoms with van der Waals surface area (Å²) in [6, 6.07) is 15.1. The van der Waals surface area contributed by atoms with Crippen molar-refractivity contribution in [2.24, 2.45) is 0 Å². The minimum Gasteiger partial charge on any atom is -0.457 e. The van der Waals surface area contributed by atoms with Crippen molar-refractivity contribution in [3.63, 3.8) is 0 Å². The molecule has 1 unspecified atom stereocenters. The Balaban J connectivity index is 2.33. The van der Waals surface area contributed by atoms with E-state index in [1.54, 1.807) is 6.92 Å². The molecule has 88 valence electrons. The van der Waals surface area contributed by atoms with Gasteiger partial charge in [-0.3, -0.25) is 0 Å². The topological polar surface area (TPSA) is 29.5 Å². The van der Waals surface area contributed by atoms with Crippen molar-refractivity contribution < 1.29 is 9.84 Å². The van der Waals surface area contributed by atoms with Crippen molar-refractivity contribution in [3.8, 4) is 11.5 Å². The van der Waals surface area contributed by atoms with Gasteiger partial charge < -0.3 is 9.84 Å². The maximum absolute atomic E-state index is 9.71. The van der Waals surface area contributed by atoms with Crippen LogP contribution in [0.3, 0.4) is 0 Å². The molecule has 2 aromatic carbocycles. The molecule has 0 amide bonds. The average Bonchev–Trinajstić information content (AvgIpc) is 2.32. The van der Waals surface area contributed by atoms with Crippen LogP contribution in [0.1, 0.15) is 18.6 Å². The fourth-order valence-corrected chi connectivity index (χ4v) is 1.93. The standard InChI is InChI=1S/C14H13BrO2/c1-10(16)13-9-11(15)7-8-14(13)17-12-5-3-2-4-6-12/h2-10,16H,1H3. The second-order valence-corrected chi connectivity index (χ2v) is 4.69. The van der Waals surface area contributed by atoms with Gasteiger partial charge >= 0.3 is 0 Å². The van der Waals surface area contributed by atoms with Crippen LogP contribution in [0.2, 0.25) is 0 Å². The predicted octanol–water partition coefficient (Wildman–Crippen LogP) is 4.29. The van der Waals surface area contributed by atoms with Crippen LogP contribution in [0.4, 0.5) is 0 Å². The Morgan fingerprint density at radius 3 is 2.47 bits per heavy atom. The molecule has 0 bridgehead atoms. The van der Waals surface area contributed by atoms with Crippen molar-refractivity contribution in [2.45, 2.75) is 13.0 Å². The number of halogens is 1. The Hall–Kier alpha value is -1.32. The second-order valence-electron chi connectivity index (χ2n) is 3.77. The van der Waals surface area contributed by atoms with Crippen LogP contribution in [-0.4, -0.2) is 5.11 Å². The van der Waals surface area contributed by atoms with E-state index >= 15 is 0 Å². The van der Waals surface area contributed by atoms with Crippen LogP contribution in [0, 0.1) is 0 Å². The summed E-state index contributed by atoms with van der Waals surface area (Å²) in [4.78, 5) is 0. The average molecular weight is 293 g/mol. The molecule has 2 aromatic rings. The first-order valence-electron chi connectivity index (χ1n) is 5.37. The van der Waals surface area contributed by atoms with Gasteiger partial charge in [-0.2, -0.15) is 0 Å². The van der Waals surface area contributed by atoms with E-state index in [-0.39, 0.29) is 0 Å². The highest BCUT2D eigenvalue weighted by Crippen LogP contribution is 2.31. The number of rotatable bonds is 3. The zero-order valence-electron chi connectivity index (χ0n) is 9.43. The number of para-hydroxylation sites is 1. The first-order valence-corrected chi connectivity index (χ1v) is 6.16. The molecule has 0 saturated heterocycles. The first kappa shape index (κ1) is 12.1. The van der Waals surface area contributed by atoms with Gasteiger partial charge in [0.1, 0.15) is 11.5 Å². The molecule has 0 aliphatic heterocycles. The minimum atomic E-state index is -0.564. The number of ether oxygens (including phenoxy) is 1. The van der Waals surface area contributed by atoms with E-state index in [1.165, 1.54) is 0 Å². The van der Waals surface area contributed by atoms with Crippen molar-refractivity contribution in [3.05, 3.63) is 58.6 Å². The number of hydrogen-bond acceptors (Lipinski definition) is 2. The molecule has 2 rings (SSSR count). The molecule has 2 nitrogen and oxygen atoms in total. The smallest absolute Gasteiger partial charge is 0.133 e. The van der Waals surface area contributed by atoms with Crippen molar-refractivity contribution >= 4 is 15.9 Å². The summed E-state index contributed by atoms with van der Waals surface area (Å²) < 4.78 is 6.67. The third-order valence-corrected chi connectivity index (χ3v) is 2.89. The van der Waals surface area contributed by atoms with Gasteiger partial charge in [-0.05, 0) is 37.3 Å². The van der Waals surface area contributed by atoms with E-state index in [1.807, 2.05) is 48.5 Å². The lowest BCUT2D eigenvalue weighted by atomic mass is 10.1. The van der Waals surface area contributed by atoms with Gasteiger partial charge in [-0.25, -0.2) is 0 Å². The summed E-state index contributed by atoms with van der Waals surface area (Å²) in [5.41, 5.74) is 0.767. The molecule has 0 spiro atoms. The summed E-state index contributed by atoms with van der Waals surface area (Å²) in [7, 11) is 0. The van der Waals surface area contributed by atoms with E-state index in [9.17, 15) is 5.11 Å². The summed E-state index contributed by atoms with van der Waals surface area (Å²) in [5.74, 6) is 1.44. The van der Waals surface area contributed by atoms with Gasteiger partial charge in [0, 0.05) is 10.0 Å². The Morgan fingerprint density at radius 2 is 1.82 bits per heavy atom. The molecule has 0 saturated carbocycles. The highest BCUT2D eigenvalue weighted by atomic mass is 79.9. The van der Waals surface area contributed by atoms with Crippen LogP contribution < -0.4 is 4.74 Å². The second kappa shape index (κ2) is 5.34. The van der Waals surface area contributed by atoms with E-state index in [0.29, 0.717) is 5.75 Å². The summed E-state index contributed by atoms with van der Waals surface area (Å²) in [6.07, 6.45) is -0.564. The van der Waals surface area contributed by atoms with Crippen LogP contribution >= 0.6 is 15.9 Å². The molecule has 1 atom stereocenters. The minimum absolute atomic E-state index is 0.564. The quantitative estimate of drug-likeness (QED) is 0.914. The Kier molecular flexibility index (Phi) is 3.82. The molecule has 0 fully saturated rings. The monoisotopic (exact) mass is 292 g/mol.